The second kappa shape index (κ2) is 6.98. The molecule has 1 aromatic rings. The average Bonchev–Trinajstić information content (AvgIpc) is 2.40. The van der Waals surface area contributed by atoms with Gasteiger partial charge in [0, 0.05) is 5.02 Å². The lowest BCUT2D eigenvalue weighted by molar-refractivity contribution is -0.128. The summed E-state index contributed by atoms with van der Waals surface area (Å²) in [6.45, 7) is 5.62. The summed E-state index contributed by atoms with van der Waals surface area (Å²) in [7, 11) is 0. The van der Waals surface area contributed by atoms with Gasteiger partial charge in [-0.05, 0) is 37.5 Å². The fraction of sp³-hybridized carbons (Fsp3) is 0.462. The number of halogens is 2. The second-order valence-corrected chi connectivity index (χ2v) is 5.10. The predicted molar refractivity (Wildman–Crippen MR) is 77.6 cm³/mol. The zero-order chi connectivity index (χ0) is 14.6. The van der Waals surface area contributed by atoms with Crippen molar-refractivity contribution in [1.82, 2.24) is 5.43 Å². The van der Waals surface area contributed by atoms with E-state index in [0.717, 1.165) is 17.5 Å². The molecule has 0 radical (unpaired) electrons. The molecular weight excluding hydrogens is 287 g/mol. The van der Waals surface area contributed by atoms with Crippen LogP contribution in [0.5, 0.6) is 5.75 Å². The average molecular weight is 305 g/mol. The molecule has 0 heterocycles. The van der Waals surface area contributed by atoms with Crippen LogP contribution in [0.2, 0.25) is 10.0 Å². The van der Waals surface area contributed by atoms with Crippen molar-refractivity contribution in [3.63, 3.8) is 0 Å². The molecule has 1 unspecified atom stereocenters. The van der Waals surface area contributed by atoms with Gasteiger partial charge in [0.15, 0.2) is 6.10 Å². The zero-order valence-electron chi connectivity index (χ0n) is 11.2. The number of nitrogens with two attached hydrogens (primary N) is 1. The first-order valence-corrected chi connectivity index (χ1v) is 6.80. The highest BCUT2D eigenvalue weighted by molar-refractivity contribution is 6.37. The number of ether oxygens (including phenoxy) is 1. The van der Waals surface area contributed by atoms with Crippen molar-refractivity contribution in [1.29, 1.82) is 0 Å². The van der Waals surface area contributed by atoms with Crippen molar-refractivity contribution in [3.05, 3.63) is 27.2 Å². The van der Waals surface area contributed by atoms with E-state index in [4.69, 9.17) is 33.8 Å². The van der Waals surface area contributed by atoms with Crippen LogP contribution in [0.25, 0.3) is 0 Å². The van der Waals surface area contributed by atoms with E-state index in [1.165, 1.54) is 0 Å². The Kier molecular flexibility index (Phi) is 5.91. The van der Waals surface area contributed by atoms with Gasteiger partial charge in [-0.2, -0.15) is 0 Å². The number of carbonyl (C=O) groups is 1. The topological polar surface area (TPSA) is 64.3 Å². The summed E-state index contributed by atoms with van der Waals surface area (Å²) < 4.78 is 5.67. The molecule has 3 N–H and O–H groups in total. The van der Waals surface area contributed by atoms with E-state index < -0.39 is 6.10 Å². The lowest BCUT2D eigenvalue weighted by atomic mass is 10.1. The van der Waals surface area contributed by atoms with Gasteiger partial charge in [0.05, 0.1) is 5.02 Å². The van der Waals surface area contributed by atoms with Gasteiger partial charge in [-0.15, -0.1) is 0 Å². The molecule has 0 fully saturated rings. The first-order chi connectivity index (χ1) is 8.92. The molecule has 0 aliphatic heterocycles. The molecule has 1 amide bonds. The molecule has 0 aliphatic rings. The maximum atomic E-state index is 11.6. The van der Waals surface area contributed by atoms with Gasteiger partial charge in [-0.3, -0.25) is 10.2 Å². The number of carbonyl (C=O) groups excluding carboxylic acids is 1. The molecule has 106 valence electrons. The smallest absolute Gasteiger partial charge is 0.274 e. The van der Waals surface area contributed by atoms with Gasteiger partial charge in [-0.1, -0.05) is 36.5 Å². The lowest BCUT2D eigenvalue weighted by Crippen LogP contribution is -2.42. The van der Waals surface area contributed by atoms with Crippen LogP contribution in [-0.4, -0.2) is 12.0 Å². The van der Waals surface area contributed by atoms with Crippen LogP contribution in [0, 0.1) is 13.8 Å². The van der Waals surface area contributed by atoms with Crippen LogP contribution in [0.3, 0.4) is 0 Å². The van der Waals surface area contributed by atoms with Crippen molar-refractivity contribution in [2.75, 3.05) is 0 Å². The Morgan fingerprint density at radius 2 is 2.05 bits per heavy atom. The van der Waals surface area contributed by atoms with Crippen molar-refractivity contribution in [2.24, 2.45) is 5.84 Å². The number of rotatable bonds is 5. The fourth-order valence-corrected chi connectivity index (χ4v) is 2.13. The molecule has 0 spiro atoms. The van der Waals surface area contributed by atoms with E-state index in [1.54, 1.807) is 6.07 Å². The minimum Gasteiger partial charge on any atom is -0.479 e. The van der Waals surface area contributed by atoms with Crippen LogP contribution in [0.1, 0.15) is 30.9 Å². The quantitative estimate of drug-likeness (QED) is 0.499. The highest BCUT2D eigenvalue weighted by Crippen LogP contribution is 2.36. The van der Waals surface area contributed by atoms with E-state index in [-0.39, 0.29) is 5.91 Å². The van der Waals surface area contributed by atoms with E-state index in [0.29, 0.717) is 22.2 Å². The highest BCUT2D eigenvalue weighted by Gasteiger charge is 2.21. The standard InChI is InChI=1S/C13H18Cl2N2O2/c1-4-5-9(13(18)17-16)19-10-6-7(2)11(14)8(3)12(10)15/h6,9H,4-5,16H2,1-3H3,(H,17,18). The summed E-state index contributed by atoms with van der Waals surface area (Å²) in [5.74, 6) is 5.22. The molecule has 4 nitrogen and oxygen atoms in total. The van der Waals surface area contributed by atoms with Crippen LogP contribution in [0.4, 0.5) is 0 Å². The SMILES string of the molecule is CCCC(Oc1cc(C)c(Cl)c(C)c1Cl)C(=O)NN. The molecule has 1 aromatic carbocycles. The molecule has 1 rings (SSSR count). The number of hydrogen-bond donors (Lipinski definition) is 2. The van der Waals surface area contributed by atoms with E-state index in [2.05, 4.69) is 5.43 Å². The number of hydrogen-bond acceptors (Lipinski definition) is 3. The molecule has 0 bridgehead atoms. The van der Waals surface area contributed by atoms with Crippen molar-refractivity contribution in [2.45, 2.75) is 39.7 Å². The van der Waals surface area contributed by atoms with Gasteiger partial charge in [-0.25, -0.2) is 5.84 Å². The number of benzene rings is 1. The summed E-state index contributed by atoms with van der Waals surface area (Å²) in [5, 5.41) is 1.02. The summed E-state index contributed by atoms with van der Waals surface area (Å²) in [4.78, 5) is 11.6. The maximum Gasteiger partial charge on any atom is 0.274 e. The van der Waals surface area contributed by atoms with Crippen LogP contribution < -0.4 is 16.0 Å². The van der Waals surface area contributed by atoms with Gasteiger partial charge in [0.2, 0.25) is 0 Å². The molecular formula is C13H18Cl2N2O2. The normalized spacial score (nSPS) is 12.1. The van der Waals surface area contributed by atoms with Crippen molar-refractivity contribution in [3.8, 4) is 5.75 Å². The summed E-state index contributed by atoms with van der Waals surface area (Å²) >= 11 is 12.3. The van der Waals surface area contributed by atoms with Gasteiger partial charge < -0.3 is 4.74 Å². The maximum absolute atomic E-state index is 11.6. The Hall–Kier alpha value is -0.970. The number of hydrazine groups is 1. The molecule has 0 aliphatic carbocycles. The van der Waals surface area contributed by atoms with Gasteiger partial charge in [0.25, 0.3) is 5.91 Å². The number of aryl methyl sites for hydroxylation is 1. The monoisotopic (exact) mass is 304 g/mol. The molecule has 0 saturated carbocycles. The third-order valence-corrected chi connectivity index (χ3v) is 3.87. The van der Waals surface area contributed by atoms with Gasteiger partial charge >= 0.3 is 0 Å². The van der Waals surface area contributed by atoms with Crippen molar-refractivity contribution >= 4 is 29.1 Å². The second-order valence-electron chi connectivity index (χ2n) is 4.35. The first kappa shape index (κ1) is 16.1. The summed E-state index contributed by atoms with van der Waals surface area (Å²) in [6, 6.07) is 1.73. The molecule has 6 heteroatoms. The first-order valence-electron chi connectivity index (χ1n) is 6.04. The van der Waals surface area contributed by atoms with E-state index >= 15 is 0 Å². The molecule has 0 aromatic heterocycles. The fourth-order valence-electron chi connectivity index (χ4n) is 1.74. The van der Waals surface area contributed by atoms with E-state index in [9.17, 15) is 4.79 Å². The largest absolute Gasteiger partial charge is 0.479 e. The Morgan fingerprint density at radius 3 is 2.58 bits per heavy atom. The lowest BCUT2D eigenvalue weighted by Gasteiger charge is -2.19. The minimum atomic E-state index is -0.660. The van der Waals surface area contributed by atoms with Crippen LogP contribution in [0.15, 0.2) is 6.07 Å². The number of nitrogens with one attached hydrogen (secondary N) is 1. The Morgan fingerprint density at radius 1 is 1.42 bits per heavy atom. The molecule has 19 heavy (non-hydrogen) atoms. The molecule has 1 atom stereocenters. The zero-order valence-corrected chi connectivity index (χ0v) is 12.7. The Labute approximate surface area is 123 Å². The summed E-state index contributed by atoms with van der Waals surface area (Å²) in [5.41, 5.74) is 3.68. The molecule has 0 saturated heterocycles. The van der Waals surface area contributed by atoms with Crippen molar-refractivity contribution < 1.29 is 9.53 Å². The third-order valence-electron chi connectivity index (χ3n) is 2.82. The van der Waals surface area contributed by atoms with Crippen LogP contribution >= 0.6 is 23.2 Å². The van der Waals surface area contributed by atoms with Crippen LogP contribution in [-0.2, 0) is 4.79 Å². The Balaban J connectivity index is 3.06. The minimum absolute atomic E-state index is 0.372. The Bertz CT molecular complexity index is 478. The number of amides is 1. The predicted octanol–water partition coefficient (Wildman–Crippen LogP) is 3.15. The third kappa shape index (κ3) is 3.75. The summed E-state index contributed by atoms with van der Waals surface area (Å²) in [6.07, 6.45) is 0.689. The van der Waals surface area contributed by atoms with E-state index in [1.807, 2.05) is 20.8 Å². The highest BCUT2D eigenvalue weighted by atomic mass is 35.5. The van der Waals surface area contributed by atoms with Gasteiger partial charge in [0.1, 0.15) is 5.75 Å².